The number of carbonyl (C=O) groups is 2. The van der Waals surface area contributed by atoms with Crippen molar-refractivity contribution in [3.05, 3.63) is 58.1 Å². The van der Waals surface area contributed by atoms with Crippen LogP contribution in [0.3, 0.4) is 0 Å². The summed E-state index contributed by atoms with van der Waals surface area (Å²) in [6, 6.07) is 11.8. The fourth-order valence-corrected chi connectivity index (χ4v) is 9.02. The van der Waals surface area contributed by atoms with E-state index in [1.54, 1.807) is 6.07 Å². The van der Waals surface area contributed by atoms with E-state index >= 15 is 0 Å². The Labute approximate surface area is 266 Å². The molecule has 0 atom stereocenters. The van der Waals surface area contributed by atoms with E-state index in [0.29, 0.717) is 35.7 Å². The highest BCUT2D eigenvalue weighted by Crippen LogP contribution is 2.58. The van der Waals surface area contributed by atoms with E-state index in [2.05, 4.69) is 51.3 Å². The summed E-state index contributed by atoms with van der Waals surface area (Å²) in [6.45, 7) is 12.8. The Hall–Kier alpha value is -3.17. The molecule has 233 valence electrons. The number of amides is 1. The van der Waals surface area contributed by atoms with Crippen LogP contribution in [0.15, 0.2) is 42.0 Å². The minimum atomic E-state index is -1.00. The molecule has 0 unspecified atom stereocenters. The second kappa shape index (κ2) is 12.3. The summed E-state index contributed by atoms with van der Waals surface area (Å²) in [4.78, 5) is 29.6. The average molecular weight is 632 g/mol. The molecule has 44 heavy (non-hydrogen) atoms. The Morgan fingerprint density at radius 1 is 1.02 bits per heavy atom. The molecule has 4 aliphatic rings. The molecule has 1 amide bonds. The number of nitrogens with zero attached hydrogens (tertiary/aromatic N) is 1. The minimum Gasteiger partial charge on any atom is -0.541 e. The number of nitrogens with one attached hydrogen (secondary N) is 1. The van der Waals surface area contributed by atoms with Gasteiger partial charge in [0.1, 0.15) is 29.4 Å². The van der Waals surface area contributed by atoms with E-state index < -0.39 is 9.04 Å². The van der Waals surface area contributed by atoms with Crippen LogP contribution >= 0.6 is 11.3 Å². The molecule has 0 saturated heterocycles. The normalized spacial score (nSPS) is 22.4. The van der Waals surface area contributed by atoms with Crippen LogP contribution in [-0.2, 0) is 14.9 Å². The van der Waals surface area contributed by atoms with Gasteiger partial charge in [0.05, 0.1) is 11.2 Å². The number of allylic oxidation sites excluding steroid dienone is 1. The molecule has 1 radical (unpaired) electrons. The summed E-state index contributed by atoms with van der Waals surface area (Å²) in [5.41, 5.74) is 4.21. The fourth-order valence-electron chi connectivity index (χ4n) is 7.48. The highest BCUT2D eigenvalue weighted by Gasteiger charge is 2.46. The molecule has 4 aliphatic carbocycles. The van der Waals surface area contributed by atoms with Gasteiger partial charge in [-0.05, 0) is 110 Å². The molecule has 2 aromatic carbocycles. The van der Waals surface area contributed by atoms with Crippen molar-refractivity contribution in [2.75, 3.05) is 13.2 Å². The zero-order valence-electron chi connectivity index (χ0n) is 26.6. The molecule has 1 aromatic heterocycles. The van der Waals surface area contributed by atoms with Crippen molar-refractivity contribution < 1.29 is 23.5 Å². The number of aromatic nitrogens is 1. The molecule has 4 fully saturated rings. The van der Waals surface area contributed by atoms with Gasteiger partial charge in [-0.25, -0.2) is 4.98 Å². The van der Waals surface area contributed by atoms with E-state index in [0.717, 1.165) is 44.7 Å². The largest absolute Gasteiger partial charge is 0.541 e. The van der Waals surface area contributed by atoms with Crippen molar-refractivity contribution in [1.82, 2.24) is 10.3 Å². The number of esters is 1. The van der Waals surface area contributed by atoms with Crippen molar-refractivity contribution in [2.45, 2.75) is 78.3 Å². The third-order valence-corrected chi connectivity index (χ3v) is 10.7. The number of ether oxygens (including phenoxy) is 2. The second-order valence-electron chi connectivity index (χ2n) is 13.9. The van der Waals surface area contributed by atoms with Gasteiger partial charge in [0.15, 0.2) is 5.01 Å². The van der Waals surface area contributed by atoms with Gasteiger partial charge >= 0.3 is 5.97 Å². The van der Waals surface area contributed by atoms with Crippen molar-refractivity contribution in [3.63, 3.8) is 0 Å². The summed E-state index contributed by atoms with van der Waals surface area (Å²) in [6.07, 6.45) is 6.30. The molecule has 0 spiro atoms. The van der Waals surface area contributed by atoms with Crippen LogP contribution in [-0.4, -0.2) is 39.1 Å². The molecular formula is C35H43N2O5SSi. The van der Waals surface area contributed by atoms with Gasteiger partial charge in [-0.1, -0.05) is 32.9 Å². The van der Waals surface area contributed by atoms with Crippen LogP contribution in [0, 0.1) is 23.7 Å². The lowest BCUT2D eigenvalue weighted by molar-refractivity contribution is -0.131. The van der Waals surface area contributed by atoms with Crippen LogP contribution in [0.1, 0.15) is 80.7 Å². The van der Waals surface area contributed by atoms with Crippen LogP contribution in [0.2, 0.25) is 13.1 Å². The Bertz CT molecular complexity index is 1570. The predicted molar refractivity (Wildman–Crippen MR) is 176 cm³/mol. The first-order chi connectivity index (χ1) is 20.9. The first-order valence-electron chi connectivity index (χ1n) is 15.8. The number of rotatable bonds is 9. The van der Waals surface area contributed by atoms with Gasteiger partial charge in [-0.2, -0.15) is 0 Å². The van der Waals surface area contributed by atoms with Crippen molar-refractivity contribution >= 4 is 48.2 Å². The molecule has 4 bridgehead atoms. The van der Waals surface area contributed by atoms with Crippen LogP contribution in [0.5, 0.6) is 11.5 Å². The lowest BCUT2D eigenvalue weighted by atomic mass is 9.54. The Balaban J connectivity index is 1.20. The summed E-state index contributed by atoms with van der Waals surface area (Å²) in [5, 5.41) is 3.46. The van der Waals surface area contributed by atoms with Gasteiger partial charge in [0.2, 0.25) is 0 Å². The van der Waals surface area contributed by atoms with E-state index in [1.165, 1.54) is 55.9 Å². The summed E-state index contributed by atoms with van der Waals surface area (Å²) in [7, 11) is -1.00. The molecule has 3 aromatic rings. The van der Waals surface area contributed by atoms with Crippen LogP contribution in [0.25, 0.3) is 16.0 Å². The standard InChI is InChI=1S/C35H43N2O5SSi/c1-20(38)41-27-9-7-8-23(17-27)32(30-24-13-21-12-22(15-24)16-25(30)14-21)40-11-10-36-33(39)34-37-31-28(42-44(5)6)18-26(35(2,3)4)19-29(31)43-34/h7-9,17-19,21-22,24-25H,10-16H2,1-6H3,(H,36,39). The molecule has 1 heterocycles. The van der Waals surface area contributed by atoms with Crippen LogP contribution < -0.4 is 14.5 Å². The van der Waals surface area contributed by atoms with E-state index in [1.807, 2.05) is 18.2 Å². The Kier molecular flexibility index (Phi) is 8.63. The van der Waals surface area contributed by atoms with Gasteiger partial charge < -0.3 is 19.2 Å². The van der Waals surface area contributed by atoms with E-state index in [4.69, 9.17) is 18.9 Å². The molecule has 0 aliphatic heterocycles. The molecule has 9 heteroatoms. The lowest BCUT2D eigenvalue weighted by Gasteiger charge is -2.51. The van der Waals surface area contributed by atoms with Crippen molar-refractivity contribution in [3.8, 4) is 11.5 Å². The molecule has 4 saturated carbocycles. The SMILES string of the molecule is CC(=O)Oc1cccc(C(OCCNC(=O)c2nc3c(O[Si](C)C)cc(C(C)(C)C)cc3s2)=C2C3CC4CC(C3)CC2C4)c1. The number of hydrogen-bond donors (Lipinski definition) is 1. The summed E-state index contributed by atoms with van der Waals surface area (Å²) in [5.74, 6) is 4.36. The maximum Gasteiger partial charge on any atom is 0.308 e. The zero-order valence-corrected chi connectivity index (χ0v) is 28.4. The zero-order chi connectivity index (χ0) is 31.2. The molecule has 1 N–H and O–H groups in total. The predicted octanol–water partition coefficient (Wildman–Crippen LogP) is 7.76. The highest BCUT2D eigenvalue weighted by molar-refractivity contribution is 7.20. The fraction of sp³-hybridized carbons (Fsp3) is 0.514. The number of hydrogen-bond acceptors (Lipinski definition) is 7. The maximum absolute atomic E-state index is 13.3. The number of carbonyl (C=O) groups excluding carboxylic acids is 2. The Morgan fingerprint density at radius 3 is 2.36 bits per heavy atom. The molecular weight excluding hydrogens is 589 g/mol. The minimum absolute atomic E-state index is 0.0500. The first kappa shape index (κ1) is 30.8. The number of fused-ring (bicyclic) bond motifs is 1. The van der Waals surface area contributed by atoms with Gasteiger partial charge in [0.25, 0.3) is 14.9 Å². The summed E-state index contributed by atoms with van der Waals surface area (Å²) < 4.78 is 19.1. The third-order valence-electron chi connectivity index (χ3n) is 9.11. The Morgan fingerprint density at radius 2 is 1.73 bits per heavy atom. The molecule has 7 nitrogen and oxygen atoms in total. The van der Waals surface area contributed by atoms with E-state index in [9.17, 15) is 9.59 Å². The van der Waals surface area contributed by atoms with Crippen LogP contribution in [0.4, 0.5) is 0 Å². The smallest absolute Gasteiger partial charge is 0.308 e. The van der Waals surface area contributed by atoms with Gasteiger partial charge in [-0.3, -0.25) is 9.59 Å². The third kappa shape index (κ3) is 6.59. The van der Waals surface area contributed by atoms with Gasteiger partial charge in [0, 0.05) is 12.5 Å². The maximum atomic E-state index is 13.3. The first-order valence-corrected chi connectivity index (χ1v) is 19.0. The average Bonchev–Trinajstić information content (AvgIpc) is 3.37. The summed E-state index contributed by atoms with van der Waals surface area (Å²) >= 11 is 1.40. The van der Waals surface area contributed by atoms with E-state index in [-0.39, 0.29) is 17.3 Å². The molecule has 7 rings (SSSR count). The topological polar surface area (TPSA) is 86.8 Å². The number of thiazole rings is 1. The van der Waals surface area contributed by atoms with Gasteiger partial charge in [-0.15, -0.1) is 11.3 Å². The quantitative estimate of drug-likeness (QED) is 0.0854. The second-order valence-corrected chi connectivity index (χ2v) is 17.0. The van der Waals surface area contributed by atoms with Crippen molar-refractivity contribution in [2.24, 2.45) is 23.7 Å². The van der Waals surface area contributed by atoms with Crippen molar-refractivity contribution in [1.29, 1.82) is 0 Å². The lowest BCUT2D eigenvalue weighted by Crippen LogP contribution is -2.41. The highest BCUT2D eigenvalue weighted by atomic mass is 32.1. The monoisotopic (exact) mass is 631 g/mol. The number of benzene rings is 2.